The van der Waals surface area contributed by atoms with E-state index in [-0.39, 0.29) is 24.9 Å². The van der Waals surface area contributed by atoms with E-state index in [1.54, 1.807) is 0 Å². The van der Waals surface area contributed by atoms with E-state index in [4.69, 9.17) is 10.8 Å². The number of hydrogen-bond acceptors (Lipinski definition) is 4. The van der Waals surface area contributed by atoms with Crippen LogP contribution in [0, 0.1) is 5.82 Å². The summed E-state index contributed by atoms with van der Waals surface area (Å²) in [5, 5.41) is 9.11. The van der Waals surface area contributed by atoms with Crippen LogP contribution in [0.5, 0.6) is 0 Å². The van der Waals surface area contributed by atoms with E-state index >= 15 is 0 Å². The first kappa shape index (κ1) is 15.2. The van der Waals surface area contributed by atoms with E-state index in [2.05, 4.69) is 0 Å². The number of nitrogens with zero attached hydrogens (tertiary/aromatic N) is 1. The molecule has 0 amide bonds. The van der Waals surface area contributed by atoms with E-state index in [0.29, 0.717) is 0 Å². The molecule has 1 aromatic carbocycles. The fourth-order valence-electron chi connectivity index (χ4n) is 2.70. The number of nitrogen functional groups attached to an aromatic ring is 1. The van der Waals surface area contributed by atoms with Gasteiger partial charge in [0, 0.05) is 12.6 Å². The van der Waals surface area contributed by atoms with Crippen LogP contribution in [-0.2, 0) is 10.0 Å². The largest absolute Gasteiger partial charge is 0.398 e. The molecule has 7 heteroatoms. The Morgan fingerprint density at radius 1 is 1.35 bits per heavy atom. The lowest BCUT2D eigenvalue weighted by Gasteiger charge is -2.28. The predicted molar refractivity (Wildman–Crippen MR) is 74.0 cm³/mol. The van der Waals surface area contributed by atoms with Crippen molar-refractivity contribution in [3.63, 3.8) is 0 Å². The summed E-state index contributed by atoms with van der Waals surface area (Å²) in [4.78, 5) is -0.486. The van der Waals surface area contributed by atoms with Crippen LogP contribution < -0.4 is 5.73 Å². The standard InChI is InChI=1S/C13H19FN2O3S/c14-11-6-3-7-12(15)13(11)20(18,19)16(8-9-17)10-4-1-2-5-10/h3,6-7,10,17H,1-2,4-5,8-9,15H2. The van der Waals surface area contributed by atoms with Crippen molar-refractivity contribution >= 4 is 15.7 Å². The molecule has 112 valence electrons. The Hall–Kier alpha value is -1.18. The lowest BCUT2D eigenvalue weighted by molar-refractivity contribution is 0.226. The van der Waals surface area contributed by atoms with Crippen LogP contribution in [0.2, 0.25) is 0 Å². The maximum atomic E-state index is 13.9. The molecular formula is C13H19FN2O3S. The summed E-state index contributed by atoms with van der Waals surface area (Å²) in [5.74, 6) is -0.856. The number of hydrogen-bond donors (Lipinski definition) is 2. The van der Waals surface area contributed by atoms with Gasteiger partial charge in [0.05, 0.1) is 12.3 Å². The number of aliphatic hydroxyl groups excluding tert-OH is 1. The molecule has 20 heavy (non-hydrogen) atoms. The minimum absolute atomic E-state index is 0.0409. The van der Waals surface area contributed by atoms with E-state index < -0.39 is 20.7 Å². The summed E-state index contributed by atoms with van der Waals surface area (Å²) < 4.78 is 40.4. The van der Waals surface area contributed by atoms with Crippen molar-refractivity contribution in [3.05, 3.63) is 24.0 Å². The number of aliphatic hydroxyl groups is 1. The van der Waals surface area contributed by atoms with Crippen LogP contribution in [0.1, 0.15) is 25.7 Å². The monoisotopic (exact) mass is 302 g/mol. The minimum Gasteiger partial charge on any atom is -0.398 e. The molecule has 1 fully saturated rings. The molecule has 2 rings (SSSR count). The molecular weight excluding hydrogens is 283 g/mol. The number of sulfonamides is 1. The molecule has 0 atom stereocenters. The minimum atomic E-state index is -4.03. The first-order valence-corrected chi connectivity index (χ1v) is 8.09. The maximum Gasteiger partial charge on any atom is 0.248 e. The van der Waals surface area contributed by atoms with Gasteiger partial charge < -0.3 is 10.8 Å². The summed E-state index contributed by atoms with van der Waals surface area (Å²) in [7, 11) is -4.03. The van der Waals surface area contributed by atoms with Crippen LogP contribution in [0.25, 0.3) is 0 Å². The molecule has 0 unspecified atom stereocenters. The first-order chi connectivity index (χ1) is 9.48. The Morgan fingerprint density at radius 2 is 2.00 bits per heavy atom. The SMILES string of the molecule is Nc1cccc(F)c1S(=O)(=O)N(CCO)C1CCCC1. The number of anilines is 1. The van der Waals surface area contributed by atoms with Gasteiger partial charge in [-0.05, 0) is 25.0 Å². The summed E-state index contributed by atoms with van der Waals surface area (Å²) in [6.07, 6.45) is 3.34. The molecule has 1 aliphatic rings. The second kappa shape index (κ2) is 6.07. The molecule has 0 aromatic heterocycles. The Kier molecular flexibility index (Phi) is 4.62. The molecule has 5 nitrogen and oxygen atoms in total. The number of benzene rings is 1. The van der Waals surface area contributed by atoms with Crippen molar-refractivity contribution in [2.75, 3.05) is 18.9 Å². The molecule has 3 N–H and O–H groups in total. The summed E-state index contributed by atoms with van der Waals surface area (Å²) >= 11 is 0. The number of rotatable bonds is 5. The molecule has 1 aromatic rings. The van der Waals surface area contributed by atoms with Crippen molar-refractivity contribution in [3.8, 4) is 0 Å². The number of halogens is 1. The maximum absolute atomic E-state index is 13.9. The van der Waals surface area contributed by atoms with Crippen LogP contribution in [0.3, 0.4) is 0 Å². The van der Waals surface area contributed by atoms with Gasteiger partial charge in [0.25, 0.3) is 0 Å². The zero-order valence-electron chi connectivity index (χ0n) is 11.1. The third kappa shape index (κ3) is 2.79. The zero-order valence-corrected chi connectivity index (χ0v) is 11.9. The zero-order chi connectivity index (χ0) is 14.8. The van der Waals surface area contributed by atoms with Crippen molar-refractivity contribution < 1.29 is 17.9 Å². The topological polar surface area (TPSA) is 83.6 Å². The molecule has 0 spiro atoms. The van der Waals surface area contributed by atoms with Crippen LogP contribution in [0.15, 0.2) is 23.1 Å². The first-order valence-electron chi connectivity index (χ1n) is 6.65. The molecule has 0 heterocycles. The molecule has 1 aliphatic carbocycles. The second-order valence-corrected chi connectivity index (χ2v) is 6.76. The van der Waals surface area contributed by atoms with Gasteiger partial charge in [-0.1, -0.05) is 18.9 Å². The second-order valence-electron chi connectivity index (χ2n) is 4.94. The van der Waals surface area contributed by atoms with E-state index in [9.17, 15) is 12.8 Å². The fourth-order valence-corrected chi connectivity index (χ4v) is 4.54. The Balaban J connectivity index is 2.45. The highest BCUT2D eigenvalue weighted by Gasteiger charge is 2.35. The van der Waals surface area contributed by atoms with Gasteiger partial charge >= 0.3 is 0 Å². The van der Waals surface area contributed by atoms with Crippen molar-refractivity contribution in [2.24, 2.45) is 0 Å². The highest BCUT2D eigenvalue weighted by atomic mass is 32.2. The lowest BCUT2D eigenvalue weighted by Crippen LogP contribution is -2.41. The van der Waals surface area contributed by atoms with Gasteiger partial charge in [0.15, 0.2) is 0 Å². The molecule has 0 radical (unpaired) electrons. The van der Waals surface area contributed by atoms with Gasteiger partial charge in [-0.3, -0.25) is 0 Å². The molecule has 1 saturated carbocycles. The lowest BCUT2D eigenvalue weighted by atomic mass is 10.2. The van der Waals surface area contributed by atoms with E-state index in [1.165, 1.54) is 16.4 Å². The molecule has 0 aliphatic heterocycles. The third-order valence-corrected chi connectivity index (χ3v) is 5.66. The van der Waals surface area contributed by atoms with Crippen molar-refractivity contribution in [1.82, 2.24) is 4.31 Å². The van der Waals surface area contributed by atoms with Crippen LogP contribution in [-0.4, -0.2) is 37.0 Å². The smallest absolute Gasteiger partial charge is 0.248 e. The van der Waals surface area contributed by atoms with E-state index in [0.717, 1.165) is 31.7 Å². The Morgan fingerprint density at radius 3 is 2.55 bits per heavy atom. The Labute approximate surface area is 118 Å². The average Bonchev–Trinajstić information content (AvgIpc) is 2.88. The number of nitrogens with two attached hydrogens (primary N) is 1. The molecule has 0 saturated heterocycles. The van der Waals surface area contributed by atoms with E-state index in [1.807, 2.05) is 0 Å². The van der Waals surface area contributed by atoms with Gasteiger partial charge in [-0.25, -0.2) is 12.8 Å². The summed E-state index contributed by atoms with van der Waals surface area (Å²) in [5.41, 5.74) is 5.53. The quantitative estimate of drug-likeness (QED) is 0.804. The van der Waals surface area contributed by atoms with Crippen molar-refractivity contribution in [2.45, 2.75) is 36.6 Å². The van der Waals surface area contributed by atoms with Gasteiger partial charge in [-0.15, -0.1) is 0 Å². The summed E-state index contributed by atoms with van der Waals surface area (Å²) in [6.45, 7) is -0.342. The summed E-state index contributed by atoms with van der Waals surface area (Å²) in [6, 6.07) is 3.62. The average molecular weight is 302 g/mol. The normalized spacial score (nSPS) is 16.9. The van der Waals surface area contributed by atoms with Gasteiger partial charge in [0.1, 0.15) is 10.7 Å². The third-order valence-electron chi connectivity index (χ3n) is 3.62. The van der Waals surface area contributed by atoms with Crippen LogP contribution in [0.4, 0.5) is 10.1 Å². The highest BCUT2D eigenvalue weighted by molar-refractivity contribution is 7.89. The predicted octanol–water partition coefficient (Wildman–Crippen LogP) is 1.33. The Bertz CT molecular complexity index is 551. The van der Waals surface area contributed by atoms with Crippen LogP contribution >= 0.6 is 0 Å². The highest BCUT2D eigenvalue weighted by Crippen LogP contribution is 2.31. The van der Waals surface area contributed by atoms with Gasteiger partial charge in [-0.2, -0.15) is 4.31 Å². The fraction of sp³-hybridized carbons (Fsp3) is 0.538. The molecule has 0 bridgehead atoms. The van der Waals surface area contributed by atoms with Crippen molar-refractivity contribution in [1.29, 1.82) is 0 Å². The van der Waals surface area contributed by atoms with Gasteiger partial charge in [0.2, 0.25) is 10.0 Å².